The van der Waals surface area contributed by atoms with Crippen molar-refractivity contribution < 1.29 is 9.18 Å². The predicted molar refractivity (Wildman–Crippen MR) is 68.4 cm³/mol. The molecule has 1 amide bonds. The van der Waals surface area contributed by atoms with Crippen LogP contribution in [0.25, 0.3) is 0 Å². The van der Waals surface area contributed by atoms with Crippen LogP contribution >= 0.6 is 0 Å². The van der Waals surface area contributed by atoms with Crippen molar-refractivity contribution in [2.75, 3.05) is 13.1 Å². The van der Waals surface area contributed by atoms with E-state index in [0.29, 0.717) is 6.54 Å². The van der Waals surface area contributed by atoms with Gasteiger partial charge in [0, 0.05) is 6.54 Å². The summed E-state index contributed by atoms with van der Waals surface area (Å²) < 4.78 is 12.9. The molecule has 0 aliphatic carbocycles. The molecule has 1 N–H and O–H groups in total. The Hall–Kier alpha value is -1.42. The highest BCUT2D eigenvalue weighted by atomic mass is 19.1. The first kappa shape index (κ1) is 13.0. The summed E-state index contributed by atoms with van der Waals surface area (Å²) in [6, 6.07) is 6.34. The molecule has 3 nitrogen and oxygen atoms in total. The molecular formula is C14H19FN2O. The number of halogens is 1. The molecule has 1 aliphatic rings. The van der Waals surface area contributed by atoms with E-state index < -0.39 is 0 Å². The molecule has 1 aliphatic heterocycles. The Balaban J connectivity index is 2.06. The highest BCUT2D eigenvalue weighted by molar-refractivity contribution is 5.80. The van der Waals surface area contributed by atoms with Crippen molar-refractivity contribution in [3.63, 3.8) is 0 Å². The fourth-order valence-electron chi connectivity index (χ4n) is 2.27. The second kappa shape index (κ2) is 5.96. The molecule has 1 heterocycles. The smallest absolute Gasteiger partial charge is 0.238 e. The van der Waals surface area contributed by atoms with Gasteiger partial charge >= 0.3 is 0 Å². The summed E-state index contributed by atoms with van der Waals surface area (Å²) in [6.07, 6.45) is 3.17. The summed E-state index contributed by atoms with van der Waals surface area (Å²) in [5.74, 6) is -0.124. The summed E-state index contributed by atoms with van der Waals surface area (Å²) in [5.41, 5.74) is 0.943. The summed E-state index contributed by atoms with van der Waals surface area (Å²) in [5, 5.41) is 3.17. The normalized spacial score (nSPS) is 19.6. The Labute approximate surface area is 107 Å². The molecule has 0 spiro atoms. The van der Waals surface area contributed by atoms with Crippen LogP contribution in [0.5, 0.6) is 0 Å². The van der Waals surface area contributed by atoms with Crippen LogP contribution in [0.2, 0.25) is 0 Å². The van der Waals surface area contributed by atoms with Crippen molar-refractivity contribution in [3.05, 3.63) is 35.6 Å². The molecule has 0 radical (unpaired) electrons. The van der Waals surface area contributed by atoms with E-state index in [1.807, 2.05) is 4.90 Å². The quantitative estimate of drug-likeness (QED) is 0.814. The standard InChI is InChI=1S/C14H19FN2O/c1-2-3-4-9-17-13(18)10-16-14(17)11-5-7-12(15)8-6-11/h5-8,14,16H,2-4,9-10H2,1H3. The van der Waals surface area contributed by atoms with Crippen molar-refractivity contribution in [3.8, 4) is 0 Å². The average Bonchev–Trinajstić information content (AvgIpc) is 2.73. The van der Waals surface area contributed by atoms with Crippen LogP contribution in [-0.4, -0.2) is 23.9 Å². The van der Waals surface area contributed by atoms with Gasteiger partial charge in [0.25, 0.3) is 0 Å². The highest BCUT2D eigenvalue weighted by Gasteiger charge is 2.30. The molecule has 1 aromatic carbocycles. The Morgan fingerprint density at radius 2 is 2.06 bits per heavy atom. The third-order valence-corrected chi connectivity index (χ3v) is 3.27. The molecule has 98 valence electrons. The Morgan fingerprint density at radius 3 is 2.72 bits per heavy atom. The van der Waals surface area contributed by atoms with Gasteiger partial charge in [0.05, 0.1) is 6.54 Å². The van der Waals surface area contributed by atoms with Crippen LogP contribution in [0, 0.1) is 5.82 Å². The van der Waals surface area contributed by atoms with Crippen LogP contribution in [0.4, 0.5) is 4.39 Å². The fraction of sp³-hybridized carbons (Fsp3) is 0.500. The first-order chi connectivity index (χ1) is 8.72. The highest BCUT2D eigenvalue weighted by Crippen LogP contribution is 2.23. The summed E-state index contributed by atoms with van der Waals surface area (Å²) in [7, 11) is 0. The van der Waals surface area contributed by atoms with Gasteiger partial charge < -0.3 is 4.90 Å². The van der Waals surface area contributed by atoms with Gasteiger partial charge in [-0.05, 0) is 24.1 Å². The Kier molecular flexibility index (Phi) is 4.31. The van der Waals surface area contributed by atoms with Gasteiger partial charge in [-0.15, -0.1) is 0 Å². The first-order valence-electron chi connectivity index (χ1n) is 6.50. The molecule has 1 atom stereocenters. The minimum atomic E-state index is -0.249. The number of rotatable bonds is 5. The zero-order valence-electron chi connectivity index (χ0n) is 10.7. The lowest BCUT2D eigenvalue weighted by molar-refractivity contribution is -0.128. The zero-order valence-corrected chi connectivity index (χ0v) is 10.7. The average molecular weight is 250 g/mol. The van der Waals surface area contributed by atoms with Crippen LogP contribution in [0.1, 0.15) is 37.9 Å². The number of benzene rings is 1. The lowest BCUT2D eigenvalue weighted by Gasteiger charge is -2.24. The Morgan fingerprint density at radius 1 is 1.33 bits per heavy atom. The molecule has 1 fully saturated rings. The van der Waals surface area contributed by atoms with Crippen LogP contribution < -0.4 is 5.32 Å². The number of nitrogens with one attached hydrogen (secondary N) is 1. The molecule has 2 rings (SSSR count). The molecule has 0 aromatic heterocycles. The van der Waals surface area contributed by atoms with Gasteiger partial charge in [-0.25, -0.2) is 4.39 Å². The number of nitrogens with zero attached hydrogens (tertiary/aromatic N) is 1. The second-order valence-corrected chi connectivity index (χ2v) is 4.63. The minimum Gasteiger partial charge on any atom is -0.322 e. The number of amides is 1. The van der Waals surface area contributed by atoms with E-state index in [-0.39, 0.29) is 17.9 Å². The molecular weight excluding hydrogens is 231 g/mol. The molecule has 18 heavy (non-hydrogen) atoms. The van der Waals surface area contributed by atoms with Gasteiger partial charge in [0.15, 0.2) is 0 Å². The van der Waals surface area contributed by atoms with E-state index in [1.165, 1.54) is 12.1 Å². The summed E-state index contributed by atoms with van der Waals surface area (Å²) >= 11 is 0. The molecule has 0 saturated carbocycles. The van der Waals surface area contributed by atoms with Crippen LogP contribution in [-0.2, 0) is 4.79 Å². The summed E-state index contributed by atoms with van der Waals surface area (Å²) in [6.45, 7) is 3.28. The largest absolute Gasteiger partial charge is 0.322 e. The number of carbonyl (C=O) groups is 1. The Bertz CT molecular complexity index is 405. The summed E-state index contributed by atoms with van der Waals surface area (Å²) in [4.78, 5) is 13.7. The number of hydrogen-bond donors (Lipinski definition) is 1. The van der Waals surface area contributed by atoms with Crippen molar-refractivity contribution in [1.29, 1.82) is 0 Å². The first-order valence-corrected chi connectivity index (χ1v) is 6.50. The second-order valence-electron chi connectivity index (χ2n) is 4.63. The lowest BCUT2D eigenvalue weighted by atomic mass is 10.1. The van der Waals surface area contributed by atoms with Gasteiger partial charge in [0.1, 0.15) is 12.0 Å². The van der Waals surface area contributed by atoms with E-state index in [1.54, 1.807) is 12.1 Å². The lowest BCUT2D eigenvalue weighted by Crippen LogP contribution is -2.31. The van der Waals surface area contributed by atoms with E-state index in [9.17, 15) is 9.18 Å². The maximum absolute atomic E-state index is 12.9. The molecule has 1 unspecified atom stereocenters. The van der Waals surface area contributed by atoms with Crippen LogP contribution in [0.15, 0.2) is 24.3 Å². The van der Waals surface area contributed by atoms with Crippen molar-refractivity contribution >= 4 is 5.91 Å². The van der Waals surface area contributed by atoms with Gasteiger partial charge in [-0.2, -0.15) is 0 Å². The monoisotopic (exact) mass is 250 g/mol. The topological polar surface area (TPSA) is 32.3 Å². The maximum atomic E-state index is 12.9. The van der Waals surface area contributed by atoms with Gasteiger partial charge in [0.2, 0.25) is 5.91 Å². The van der Waals surface area contributed by atoms with Crippen molar-refractivity contribution in [1.82, 2.24) is 10.2 Å². The van der Waals surface area contributed by atoms with E-state index >= 15 is 0 Å². The fourth-order valence-corrected chi connectivity index (χ4v) is 2.27. The minimum absolute atomic E-state index is 0.102. The van der Waals surface area contributed by atoms with E-state index in [0.717, 1.165) is 31.4 Å². The molecule has 0 bridgehead atoms. The zero-order chi connectivity index (χ0) is 13.0. The predicted octanol–water partition coefficient (Wildman–Crippen LogP) is 2.45. The SMILES string of the molecule is CCCCCN1C(=O)CNC1c1ccc(F)cc1. The third kappa shape index (κ3) is 2.88. The molecule has 1 saturated heterocycles. The van der Waals surface area contributed by atoms with Crippen molar-refractivity contribution in [2.24, 2.45) is 0 Å². The van der Waals surface area contributed by atoms with E-state index in [2.05, 4.69) is 12.2 Å². The van der Waals surface area contributed by atoms with Crippen molar-refractivity contribution in [2.45, 2.75) is 32.4 Å². The maximum Gasteiger partial charge on any atom is 0.238 e. The number of carbonyl (C=O) groups excluding carboxylic acids is 1. The number of unbranched alkanes of at least 4 members (excludes halogenated alkanes) is 2. The third-order valence-electron chi connectivity index (χ3n) is 3.27. The number of hydrogen-bond acceptors (Lipinski definition) is 2. The van der Waals surface area contributed by atoms with E-state index in [4.69, 9.17) is 0 Å². The van der Waals surface area contributed by atoms with Crippen LogP contribution in [0.3, 0.4) is 0 Å². The van der Waals surface area contributed by atoms with Gasteiger partial charge in [-0.3, -0.25) is 10.1 Å². The molecule has 1 aromatic rings. The van der Waals surface area contributed by atoms with Gasteiger partial charge in [-0.1, -0.05) is 31.9 Å². The molecule has 4 heteroatoms.